The van der Waals surface area contributed by atoms with Gasteiger partial charge in [-0.25, -0.2) is 4.98 Å². The molecule has 0 spiro atoms. The van der Waals surface area contributed by atoms with Crippen molar-refractivity contribution < 1.29 is 4.79 Å². The van der Waals surface area contributed by atoms with Crippen molar-refractivity contribution in [1.29, 1.82) is 0 Å². The van der Waals surface area contributed by atoms with Gasteiger partial charge in [0.1, 0.15) is 10.7 Å². The van der Waals surface area contributed by atoms with Crippen LogP contribution in [0.25, 0.3) is 27.6 Å². The molecule has 0 unspecified atom stereocenters. The summed E-state index contributed by atoms with van der Waals surface area (Å²) in [5.41, 5.74) is 4.12. The molecule has 0 aromatic carbocycles. The highest BCUT2D eigenvalue weighted by Crippen LogP contribution is 2.31. The van der Waals surface area contributed by atoms with Crippen molar-refractivity contribution in [2.45, 2.75) is 6.42 Å². The number of carbonyl (C=O) groups excluding carboxylic acids is 1. The number of fused-ring (bicyclic) bond motifs is 1. The Morgan fingerprint density at radius 1 is 1.10 bits per heavy atom. The van der Waals surface area contributed by atoms with E-state index in [1.165, 1.54) is 11.3 Å². The van der Waals surface area contributed by atoms with E-state index in [1.807, 2.05) is 45.1 Å². The Morgan fingerprint density at radius 2 is 2.03 bits per heavy atom. The van der Waals surface area contributed by atoms with E-state index in [9.17, 15) is 4.79 Å². The molecule has 0 N–H and O–H groups in total. The van der Waals surface area contributed by atoms with Crippen LogP contribution in [0.5, 0.6) is 0 Å². The molecule has 7 nitrogen and oxygen atoms in total. The fourth-order valence-corrected chi connectivity index (χ4v) is 4.63. The van der Waals surface area contributed by atoms with E-state index in [0.29, 0.717) is 0 Å². The fourth-order valence-electron chi connectivity index (χ4n) is 3.86. The van der Waals surface area contributed by atoms with Gasteiger partial charge in [0.05, 0.1) is 28.7 Å². The predicted molar refractivity (Wildman–Crippen MR) is 118 cm³/mol. The zero-order valence-electron chi connectivity index (χ0n) is 16.7. The maximum Gasteiger partial charge on any atom is 0.256 e. The monoisotopic (exact) mass is 418 g/mol. The number of hydrogen-bond acceptors (Lipinski definition) is 6. The quantitative estimate of drug-likeness (QED) is 0.511. The van der Waals surface area contributed by atoms with Gasteiger partial charge in [0.15, 0.2) is 0 Å². The largest absolute Gasteiger partial charge is 0.337 e. The highest BCUT2D eigenvalue weighted by atomic mass is 32.1. The molecular weight excluding hydrogens is 396 g/mol. The van der Waals surface area contributed by atoms with E-state index in [0.717, 1.165) is 65.8 Å². The van der Waals surface area contributed by atoms with E-state index in [1.54, 1.807) is 18.6 Å². The van der Waals surface area contributed by atoms with Gasteiger partial charge in [-0.3, -0.25) is 14.8 Å². The Labute approximate surface area is 178 Å². The van der Waals surface area contributed by atoms with Crippen LogP contribution in [0, 0.1) is 0 Å². The SMILES string of the molecule is CN1CCCN(C(=O)c2cc(-c3csc(-c4cnccn4)n3)n3ccccc23)CC1. The minimum atomic E-state index is 0.0876. The third kappa shape index (κ3) is 3.48. The summed E-state index contributed by atoms with van der Waals surface area (Å²) in [7, 11) is 2.11. The number of rotatable bonds is 3. The number of aromatic nitrogens is 4. The summed E-state index contributed by atoms with van der Waals surface area (Å²) in [4.78, 5) is 30.9. The van der Waals surface area contributed by atoms with E-state index >= 15 is 0 Å². The number of carbonyl (C=O) groups is 1. The second-order valence-electron chi connectivity index (χ2n) is 7.48. The summed E-state index contributed by atoms with van der Waals surface area (Å²) in [5, 5.41) is 2.82. The van der Waals surface area contributed by atoms with Crippen molar-refractivity contribution in [3.05, 3.63) is 60.0 Å². The van der Waals surface area contributed by atoms with Crippen molar-refractivity contribution in [3.8, 4) is 22.1 Å². The van der Waals surface area contributed by atoms with Crippen LogP contribution in [0.3, 0.4) is 0 Å². The summed E-state index contributed by atoms with van der Waals surface area (Å²) in [6.45, 7) is 3.46. The standard InChI is InChI=1S/C22H22N6OS/c1-26-8-4-9-27(12-11-26)22(29)16-13-20(28-10-3-2-5-19(16)28)18-15-30-21(25-18)17-14-23-6-7-24-17/h2-3,5-7,10,13-15H,4,8-9,11-12H2,1H3. The number of nitrogens with zero attached hydrogens (tertiary/aromatic N) is 6. The first-order chi connectivity index (χ1) is 14.7. The number of likely N-dealkylation sites (N-methyl/N-ethyl adjacent to an activating group) is 1. The summed E-state index contributed by atoms with van der Waals surface area (Å²) in [6.07, 6.45) is 8.01. The molecule has 5 heterocycles. The van der Waals surface area contributed by atoms with Crippen molar-refractivity contribution >= 4 is 22.8 Å². The van der Waals surface area contributed by atoms with Crippen LogP contribution in [0.4, 0.5) is 0 Å². The third-order valence-electron chi connectivity index (χ3n) is 5.46. The van der Waals surface area contributed by atoms with Gasteiger partial charge in [0.25, 0.3) is 5.91 Å². The summed E-state index contributed by atoms with van der Waals surface area (Å²) in [6, 6.07) is 7.91. The molecule has 1 aliphatic rings. The summed E-state index contributed by atoms with van der Waals surface area (Å²) in [5.74, 6) is 0.0876. The van der Waals surface area contributed by atoms with Crippen LogP contribution in [0.2, 0.25) is 0 Å². The van der Waals surface area contributed by atoms with Crippen molar-refractivity contribution in [2.75, 3.05) is 33.2 Å². The van der Waals surface area contributed by atoms with Gasteiger partial charge in [-0.1, -0.05) is 6.07 Å². The van der Waals surface area contributed by atoms with Crippen LogP contribution in [-0.2, 0) is 0 Å². The maximum atomic E-state index is 13.4. The number of amides is 1. The Morgan fingerprint density at radius 3 is 2.90 bits per heavy atom. The van der Waals surface area contributed by atoms with E-state index in [4.69, 9.17) is 4.98 Å². The first-order valence-corrected chi connectivity index (χ1v) is 10.9. The highest BCUT2D eigenvalue weighted by molar-refractivity contribution is 7.13. The first-order valence-electron chi connectivity index (χ1n) is 10.0. The molecule has 0 saturated carbocycles. The lowest BCUT2D eigenvalue weighted by Gasteiger charge is -2.20. The van der Waals surface area contributed by atoms with E-state index in [2.05, 4.69) is 21.9 Å². The molecule has 0 atom stereocenters. The Bertz CT molecular complexity index is 1180. The van der Waals surface area contributed by atoms with Crippen LogP contribution < -0.4 is 0 Å². The highest BCUT2D eigenvalue weighted by Gasteiger charge is 2.24. The van der Waals surface area contributed by atoms with Gasteiger partial charge in [-0.05, 0) is 38.2 Å². The molecule has 4 aromatic rings. The van der Waals surface area contributed by atoms with Gasteiger partial charge in [-0.2, -0.15) is 0 Å². The molecule has 1 fully saturated rings. The number of thiazole rings is 1. The topological polar surface area (TPSA) is 66.6 Å². The molecule has 0 bridgehead atoms. The molecule has 4 aromatic heterocycles. The Kier molecular flexibility index (Phi) is 5.02. The second-order valence-corrected chi connectivity index (χ2v) is 8.33. The van der Waals surface area contributed by atoms with Gasteiger partial charge in [0, 0.05) is 43.6 Å². The van der Waals surface area contributed by atoms with Gasteiger partial charge < -0.3 is 14.2 Å². The zero-order chi connectivity index (χ0) is 20.5. The normalized spacial score (nSPS) is 15.4. The molecule has 1 amide bonds. The van der Waals surface area contributed by atoms with E-state index in [-0.39, 0.29) is 5.91 Å². The van der Waals surface area contributed by atoms with Crippen LogP contribution in [0.15, 0.2) is 54.4 Å². The van der Waals surface area contributed by atoms with Gasteiger partial charge in [-0.15, -0.1) is 11.3 Å². The lowest BCUT2D eigenvalue weighted by molar-refractivity contribution is 0.0765. The van der Waals surface area contributed by atoms with Crippen LogP contribution in [0.1, 0.15) is 16.8 Å². The minimum Gasteiger partial charge on any atom is -0.337 e. The third-order valence-corrected chi connectivity index (χ3v) is 6.33. The molecule has 8 heteroatoms. The fraction of sp³-hybridized carbons (Fsp3) is 0.273. The molecule has 30 heavy (non-hydrogen) atoms. The predicted octanol–water partition coefficient (Wildman–Crippen LogP) is 3.30. The van der Waals surface area contributed by atoms with Gasteiger partial charge in [0.2, 0.25) is 0 Å². The number of pyridine rings is 1. The second kappa shape index (κ2) is 7.97. The summed E-state index contributed by atoms with van der Waals surface area (Å²) >= 11 is 1.53. The first kappa shape index (κ1) is 18.9. The molecule has 0 radical (unpaired) electrons. The lowest BCUT2D eigenvalue weighted by atomic mass is 10.2. The van der Waals surface area contributed by atoms with Crippen LogP contribution >= 0.6 is 11.3 Å². The van der Waals surface area contributed by atoms with Crippen LogP contribution in [-0.4, -0.2) is 68.3 Å². The summed E-state index contributed by atoms with van der Waals surface area (Å²) < 4.78 is 2.05. The minimum absolute atomic E-state index is 0.0876. The average molecular weight is 419 g/mol. The molecule has 152 valence electrons. The smallest absolute Gasteiger partial charge is 0.256 e. The molecular formula is C22H22N6OS. The molecule has 0 aliphatic carbocycles. The average Bonchev–Trinajstić information content (AvgIpc) is 3.35. The molecule has 1 aliphatic heterocycles. The number of hydrogen-bond donors (Lipinski definition) is 0. The Balaban J connectivity index is 1.53. The lowest BCUT2D eigenvalue weighted by Crippen LogP contribution is -2.34. The molecule has 1 saturated heterocycles. The molecule has 5 rings (SSSR count). The van der Waals surface area contributed by atoms with Gasteiger partial charge >= 0.3 is 0 Å². The zero-order valence-corrected chi connectivity index (χ0v) is 17.5. The van der Waals surface area contributed by atoms with Crippen molar-refractivity contribution in [2.24, 2.45) is 0 Å². The van der Waals surface area contributed by atoms with Crippen molar-refractivity contribution in [3.63, 3.8) is 0 Å². The Hall–Kier alpha value is -3.10. The maximum absolute atomic E-state index is 13.4. The van der Waals surface area contributed by atoms with E-state index < -0.39 is 0 Å². The van der Waals surface area contributed by atoms with Crippen molar-refractivity contribution in [1.82, 2.24) is 29.2 Å².